The first-order valence-corrected chi connectivity index (χ1v) is 12.8. The number of benzene rings is 2. The first-order valence-electron chi connectivity index (χ1n) is 11.1. The Morgan fingerprint density at radius 1 is 1.03 bits per heavy atom. The van der Waals surface area contributed by atoms with Gasteiger partial charge in [0.25, 0.3) is 0 Å². The van der Waals surface area contributed by atoms with Gasteiger partial charge in [-0.3, -0.25) is 9.36 Å². The van der Waals surface area contributed by atoms with Crippen LogP contribution < -0.4 is 5.32 Å². The van der Waals surface area contributed by atoms with Gasteiger partial charge < -0.3 is 10.2 Å². The fourth-order valence-corrected chi connectivity index (χ4v) is 4.90. The molecular formula is C24H27Cl2N5OS. The quantitative estimate of drug-likeness (QED) is 0.425. The third-order valence-electron chi connectivity index (χ3n) is 5.64. The van der Waals surface area contributed by atoms with Crippen LogP contribution in [0.3, 0.4) is 0 Å². The van der Waals surface area contributed by atoms with Gasteiger partial charge in [0.2, 0.25) is 5.91 Å². The molecule has 3 aromatic rings. The van der Waals surface area contributed by atoms with Crippen molar-refractivity contribution in [2.45, 2.75) is 31.3 Å². The number of halogens is 2. The van der Waals surface area contributed by atoms with E-state index in [1.807, 2.05) is 41.8 Å². The average molecular weight is 504 g/mol. The van der Waals surface area contributed by atoms with Crippen molar-refractivity contribution in [3.05, 3.63) is 58.1 Å². The highest BCUT2D eigenvalue weighted by Gasteiger charge is 2.18. The number of piperidine rings is 1. The number of carbonyl (C=O) groups is 1. The summed E-state index contributed by atoms with van der Waals surface area (Å²) in [5, 5.41) is 13.4. The lowest BCUT2D eigenvalue weighted by atomic mass is 10.1. The van der Waals surface area contributed by atoms with E-state index >= 15 is 0 Å². The number of likely N-dealkylation sites (tertiary alicyclic amines) is 1. The van der Waals surface area contributed by atoms with Crippen molar-refractivity contribution in [1.82, 2.24) is 25.0 Å². The van der Waals surface area contributed by atoms with Gasteiger partial charge in [0.15, 0.2) is 11.0 Å². The van der Waals surface area contributed by atoms with Crippen molar-refractivity contribution in [3.63, 3.8) is 0 Å². The van der Waals surface area contributed by atoms with E-state index in [9.17, 15) is 4.79 Å². The maximum atomic E-state index is 12.5. The molecule has 2 heterocycles. The molecule has 1 aromatic heterocycles. The third-order valence-corrected chi connectivity index (χ3v) is 7.30. The van der Waals surface area contributed by atoms with Gasteiger partial charge in [0.05, 0.1) is 21.5 Å². The van der Waals surface area contributed by atoms with Gasteiger partial charge in [-0.15, -0.1) is 10.2 Å². The normalized spacial score (nSPS) is 14.4. The van der Waals surface area contributed by atoms with E-state index in [0.29, 0.717) is 27.6 Å². The Kier molecular flexibility index (Phi) is 8.30. The monoisotopic (exact) mass is 503 g/mol. The number of amides is 1. The van der Waals surface area contributed by atoms with E-state index in [2.05, 4.69) is 20.4 Å². The van der Waals surface area contributed by atoms with Crippen LogP contribution in [-0.4, -0.2) is 57.5 Å². The molecule has 1 aliphatic rings. The van der Waals surface area contributed by atoms with Crippen molar-refractivity contribution < 1.29 is 4.79 Å². The first kappa shape index (κ1) is 24.1. The van der Waals surface area contributed by atoms with Gasteiger partial charge in [-0.1, -0.05) is 71.2 Å². The Balaban J connectivity index is 1.48. The van der Waals surface area contributed by atoms with Crippen LogP contribution in [0.1, 0.15) is 24.8 Å². The summed E-state index contributed by atoms with van der Waals surface area (Å²) in [6, 6.07) is 13.5. The molecule has 6 nitrogen and oxygen atoms in total. The van der Waals surface area contributed by atoms with E-state index in [0.717, 1.165) is 36.4 Å². The second kappa shape index (κ2) is 11.4. The van der Waals surface area contributed by atoms with Gasteiger partial charge in [-0.05, 0) is 51.1 Å². The highest BCUT2D eigenvalue weighted by atomic mass is 35.5. The summed E-state index contributed by atoms with van der Waals surface area (Å²) < 4.78 is 1.92. The molecule has 1 amide bonds. The average Bonchev–Trinajstić information content (AvgIpc) is 3.24. The maximum Gasteiger partial charge on any atom is 0.230 e. The van der Waals surface area contributed by atoms with Gasteiger partial charge in [0.1, 0.15) is 0 Å². The number of nitrogens with one attached hydrogen (secondary N) is 1. The minimum atomic E-state index is -0.0161. The first-order chi connectivity index (χ1) is 16.0. The highest BCUT2D eigenvalue weighted by Crippen LogP contribution is 2.31. The van der Waals surface area contributed by atoms with Crippen LogP contribution >= 0.6 is 35.0 Å². The minimum absolute atomic E-state index is 0.0161. The van der Waals surface area contributed by atoms with Crippen LogP contribution in [0.5, 0.6) is 0 Å². The number of nitrogens with zero attached hydrogens (tertiary/aromatic N) is 4. The summed E-state index contributed by atoms with van der Waals surface area (Å²) >= 11 is 13.8. The number of aromatic nitrogens is 3. The number of carbonyl (C=O) groups excluding carboxylic acids is 1. The Morgan fingerprint density at radius 3 is 2.52 bits per heavy atom. The zero-order valence-electron chi connectivity index (χ0n) is 18.6. The Hall–Kier alpha value is -2.06. The van der Waals surface area contributed by atoms with E-state index in [4.69, 9.17) is 23.2 Å². The van der Waals surface area contributed by atoms with Crippen LogP contribution in [0, 0.1) is 6.92 Å². The predicted molar refractivity (Wildman–Crippen MR) is 136 cm³/mol. The van der Waals surface area contributed by atoms with Crippen molar-refractivity contribution in [3.8, 4) is 17.1 Å². The second-order valence-corrected chi connectivity index (χ2v) is 9.90. The van der Waals surface area contributed by atoms with E-state index in [-0.39, 0.29) is 11.7 Å². The molecule has 1 fully saturated rings. The lowest BCUT2D eigenvalue weighted by molar-refractivity contribution is -0.118. The lowest BCUT2D eigenvalue weighted by Crippen LogP contribution is -2.38. The molecule has 33 heavy (non-hydrogen) atoms. The number of hydrogen-bond donors (Lipinski definition) is 1. The Bertz CT molecular complexity index is 1100. The van der Waals surface area contributed by atoms with E-state index < -0.39 is 0 Å². The van der Waals surface area contributed by atoms with E-state index in [1.54, 1.807) is 12.1 Å². The van der Waals surface area contributed by atoms with Crippen molar-refractivity contribution in [2.24, 2.45) is 0 Å². The minimum Gasteiger partial charge on any atom is -0.354 e. The molecule has 0 atom stereocenters. The number of hydrogen-bond acceptors (Lipinski definition) is 5. The standard InChI is InChI=1S/C24H27Cl2N5OS/c1-17-5-7-18(8-6-17)23-28-29-24(31(23)19-9-10-20(25)21(26)15-19)33-16-22(32)27-11-14-30-12-3-2-4-13-30/h5-10,15H,2-4,11-14,16H2,1H3,(H,27,32). The molecule has 2 aromatic carbocycles. The van der Waals surface area contributed by atoms with Crippen molar-refractivity contribution >= 4 is 40.9 Å². The molecule has 0 spiro atoms. The summed E-state index contributed by atoms with van der Waals surface area (Å²) in [5.41, 5.74) is 2.88. The lowest BCUT2D eigenvalue weighted by Gasteiger charge is -2.26. The molecule has 1 saturated heterocycles. The van der Waals surface area contributed by atoms with E-state index in [1.165, 1.54) is 31.0 Å². The Labute approximate surface area is 208 Å². The van der Waals surface area contributed by atoms with Crippen LogP contribution in [-0.2, 0) is 4.79 Å². The SMILES string of the molecule is Cc1ccc(-c2nnc(SCC(=O)NCCN3CCCCC3)n2-c2ccc(Cl)c(Cl)c2)cc1. The van der Waals surface area contributed by atoms with Crippen molar-refractivity contribution in [1.29, 1.82) is 0 Å². The summed E-state index contributed by atoms with van der Waals surface area (Å²) in [4.78, 5) is 14.9. The molecule has 9 heteroatoms. The molecule has 0 saturated carbocycles. The summed E-state index contributed by atoms with van der Waals surface area (Å²) in [7, 11) is 0. The molecule has 0 radical (unpaired) electrons. The third kappa shape index (κ3) is 6.29. The van der Waals surface area contributed by atoms with Gasteiger partial charge >= 0.3 is 0 Å². The highest BCUT2D eigenvalue weighted by molar-refractivity contribution is 7.99. The fourth-order valence-electron chi connectivity index (χ4n) is 3.83. The van der Waals surface area contributed by atoms with Gasteiger partial charge in [-0.25, -0.2) is 0 Å². The predicted octanol–water partition coefficient (Wildman–Crippen LogP) is 5.24. The molecule has 1 aliphatic heterocycles. The molecule has 0 aliphatic carbocycles. The smallest absolute Gasteiger partial charge is 0.230 e. The number of thioether (sulfide) groups is 1. The maximum absolute atomic E-state index is 12.5. The van der Waals surface area contributed by atoms with Crippen LogP contribution in [0.4, 0.5) is 0 Å². The summed E-state index contributed by atoms with van der Waals surface area (Å²) in [6.45, 7) is 5.85. The fraction of sp³-hybridized carbons (Fsp3) is 0.375. The number of rotatable bonds is 8. The summed E-state index contributed by atoms with van der Waals surface area (Å²) in [5.74, 6) is 0.923. The molecule has 1 N–H and O–H groups in total. The molecule has 174 valence electrons. The second-order valence-electron chi connectivity index (χ2n) is 8.15. The zero-order valence-corrected chi connectivity index (χ0v) is 20.9. The molecule has 0 unspecified atom stereocenters. The topological polar surface area (TPSA) is 63.1 Å². The van der Waals surface area contributed by atoms with Gasteiger partial charge in [-0.2, -0.15) is 0 Å². The van der Waals surface area contributed by atoms with Crippen molar-refractivity contribution in [2.75, 3.05) is 31.9 Å². The van der Waals surface area contributed by atoms with Crippen LogP contribution in [0.15, 0.2) is 47.6 Å². The molecular weight excluding hydrogens is 477 g/mol. The van der Waals surface area contributed by atoms with Crippen LogP contribution in [0.2, 0.25) is 10.0 Å². The Morgan fingerprint density at radius 2 is 1.79 bits per heavy atom. The van der Waals surface area contributed by atoms with Crippen LogP contribution in [0.25, 0.3) is 17.1 Å². The number of aryl methyl sites for hydroxylation is 1. The summed E-state index contributed by atoms with van der Waals surface area (Å²) in [6.07, 6.45) is 3.80. The molecule has 0 bridgehead atoms. The van der Waals surface area contributed by atoms with Gasteiger partial charge in [0, 0.05) is 18.7 Å². The molecule has 4 rings (SSSR count). The largest absolute Gasteiger partial charge is 0.354 e. The zero-order chi connectivity index (χ0) is 23.2.